The third kappa shape index (κ3) is 8.30. The fourth-order valence-electron chi connectivity index (χ4n) is 4.72. The molecule has 2 amide bonds. The van der Waals surface area contributed by atoms with Crippen molar-refractivity contribution in [2.45, 2.75) is 37.2 Å². The molecular formula is C33H33FN4O6S. The molecule has 0 spiro atoms. The SMILES string of the molecule is CCCNC(=O)[C@@H](Cc1ccccc1)N(Cc1ccccc1F)C(=O)CN(c1ccc([N+](=O)[O-])cc1)S(=O)(=O)c1ccccc1. The van der Waals surface area contributed by atoms with Gasteiger partial charge in [0.2, 0.25) is 11.8 Å². The van der Waals surface area contributed by atoms with Gasteiger partial charge in [0.1, 0.15) is 18.4 Å². The molecule has 0 saturated carbocycles. The van der Waals surface area contributed by atoms with Crippen molar-refractivity contribution in [3.63, 3.8) is 0 Å². The van der Waals surface area contributed by atoms with Crippen molar-refractivity contribution in [3.8, 4) is 0 Å². The number of amides is 2. The minimum atomic E-state index is -4.37. The van der Waals surface area contributed by atoms with Crippen LogP contribution in [0, 0.1) is 15.9 Å². The van der Waals surface area contributed by atoms with Crippen LogP contribution < -0.4 is 9.62 Å². The zero-order chi connectivity index (χ0) is 32.4. The van der Waals surface area contributed by atoms with Gasteiger partial charge in [0.15, 0.2) is 0 Å². The Morgan fingerprint density at radius 3 is 2.09 bits per heavy atom. The number of nitrogens with zero attached hydrogens (tertiary/aromatic N) is 3. The summed E-state index contributed by atoms with van der Waals surface area (Å²) in [6.07, 6.45) is 0.716. The number of anilines is 1. The highest BCUT2D eigenvalue weighted by atomic mass is 32.2. The number of nitro groups is 1. The Morgan fingerprint density at radius 2 is 1.49 bits per heavy atom. The summed E-state index contributed by atoms with van der Waals surface area (Å²) < 4.78 is 43.7. The first-order valence-electron chi connectivity index (χ1n) is 14.3. The summed E-state index contributed by atoms with van der Waals surface area (Å²) in [4.78, 5) is 39.7. The predicted molar refractivity (Wildman–Crippen MR) is 168 cm³/mol. The number of nitro benzene ring substituents is 1. The molecule has 0 unspecified atom stereocenters. The zero-order valence-electron chi connectivity index (χ0n) is 24.6. The van der Waals surface area contributed by atoms with E-state index in [-0.39, 0.29) is 34.8 Å². The lowest BCUT2D eigenvalue weighted by molar-refractivity contribution is -0.384. The van der Waals surface area contributed by atoms with Crippen molar-refractivity contribution in [1.82, 2.24) is 10.2 Å². The van der Waals surface area contributed by atoms with E-state index in [1.54, 1.807) is 36.4 Å². The van der Waals surface area contributed by atoms with Crippen LogP contribution in [0.3, 0.4) is 0 Å². The molecule has 234 valence electrons. The van der Waals surface area contributed by atoms with Crippen LogP contribution >= 0.6 is 0 Å². The van der Waals surface area contributed by atoms with Crippen molar-refractivity contribution in [2.75, 3.05) is 17.4 Å². The number of halogens is 1. The summed E-state index contributed by atoms with van der Waals surface area (Å²) in [5.41, 5.74) is 0.613. The van der Waals surface area contributed by atoms with E-state index in [2.05, 4.69) is 5.32 Å². The van der Waals surface area contributed by atoms with Crippen molar-refractivity contribution >= 4 is 33.2 Å². The highest BCUT2D eigenvalue weighted by molar-refractivity contribution is 7.92. The number of non-ortho nitro benzene ring substituents is 1. The van der Waals surface area contributed by atoms with Gasteiger partial charge in [-0.2, -0.15) is 0 Å². The Balaban J connectivity index is 1.81. The van der Waals surface area contributed by atoms with Gasteiger partial charge in [0.05, 0.1) is 15.5 Å². The Labute approximate surface area is 261 Å². The standard InChI is InChI=1S/C33H33FN4O6S/c1-2-21-35-33(40)31(22-25-11-5-3-6-12-25)36(23-26-13-9-10-16-30(26)34)32(39)24-37(27-17-19-28(20-18-27)38(41)42)45(43,44)29-14-7-4-8-15-29/h3-20,31H,2,21-24H2,1H3,(H,35,40)/t31-/m1/s1. The molecule has 0 aliphatic carbocycles. The Bertz CT molecular complexity index is 1720. The Hall–Kier alpha value is -5.10. The van der Waals surface area contributed by atoms with Crippen molar-refractivity contribution in [1.29, 1.82) is 0 Å². The topological polar surface area (TPSA) is 130 Å². The van der Waals surface area contributed by atoms with Gasteiger partial charge in [-0.05, 0) is 42.3 Å². The van der Waals surface area contributed by atoms with E-state index < -0.39 is 45.2 Å². The minimum absolute atomic E-state index is 0.00121. The van der Waals surface area contributed by atoms with Crippen LogP contribution in [0.25, 0.3) is 0 Å². The van der Waals surface area contributed by atoms with E-state index >= 15 is 0 Å². The van der Waals surface area contributed by atoms with Crippen LogP contribution in [0.5, 0.6) is 0 Å². The van der Waals surface area contributed by atoms with Crippen molar-refractivity contribution in [2.24, 2.45) is 0 Å². The first-order chi connectivity index (χ1) is 21.6. The van der Waals surface area contributed by atoms with Gasteiger partial charge in [-0.3, -0.25) is 24.0 Å². The van der Waals surface area contributed by atoms with Gasteiger partial charge in [-0.1, -0.05) is 73.7 Å². The maximum Gasteiger partial charge on any atom is 0.269 e. The lowest BCUT2D eigenvalue weighted by atomic mass is 10.0. The second-order valence-electron chi connectivity index (χ2n) is 10.2. The number of rotatable bonds is 14. The number of benzene rings is 4. The first kappa shape index (κ1) is 32.8. The summed E-state index contributed by atoms with van der Waals surface area (Å²) in [7, 11) is -4.37. The van der Waals surface area contributed by atoms with E-state index in [1.807, 2.05) is 13.0 Å². The van der Waals surface area contributed by atoms with Crippen molar-refractivity contribution in [3.05, 3.63) is 136 Å². The summed E-state index contributed by atoms with van der Waals surface area (Å²) in [6.45, 7) is 1.13. The van der Waals surface area contributed by atoms with Gasteiger partial charge < -0.3 is 10.2 Å². The largest absolute Gasteiger partial charge is 0.354 e. The van der Waals surface area contributed by atoms with E-state index in [0.717, 1.165) is 22.0 Å². The molecule has 10 nitrogen and oxygen atoms in total. The lowest BCUT2D eigenvalue weighted by Gasteiger charge is -2.34. The van der Waals surface area contributed by atoms with Gasteiger partial charge in [0, 0.05) is 37.2 Å². The molecule has 1 atom stereocenters. The van der Waals surface area contributed by atoms with Crippen LogP contribution in [0.4, 0.5) is 15.8 Å². The van der Waals surface area contributed by atoms with Crippen LogP contribution in [0.2, 0.25) is 0 Å². The molecule has 12 heteroatoms. The molecule has 4 rings (SSSR count). The number of hydrogen-bond donors (Lipinski definition) is 1. The summed E-state index contributed by atoms with van der Waals surface area (Å²) >= 11 is 0. The smallest absolute Gasteiger partial charge is 0.269 e. The monoisotopic (exact) mass is 632 g/mol. The quantitative estimate of drug-likeness (QED) is 0.152. The van der Waals surface area contributed by atoms with E-state index in [9.17, 15) is 32.5 Å². The van der Waals surface area contributed by atoms with Gasteiger partial charge in [-0.25, -0.2) is 12.8 Å². The second-order valence-corrected chi connectivity index (χ2v) is 12.1. The molecule has 0 saturated heterocycles. The molecule has 0 heterocycles. The van der Waals surface area contributed by atoms with E-state index in [1.165, 1.54) is 59.5 Å². The fraction of sp³-hybridized carbons (Fsp3) is 0.212. The molecule has 0 radical (unpaired) electrons. The third-order valence-corrected chi connectivity index (χ3v) is 8.87. The van der Waals surface area contributed by atoms with Crippen LogP contribution in [-0.2, 0) is 32.6 Å². The summed E-state index contributed by atoms with van der Waals surface area (Å²) in [6, 6.07) is 25.9. The van der Waals surface area contributed by atoms with E-state index in [4.69, 9.17) is 0 Å². The van der Waals surface area contributed by atoms with E-state index in [0.29, 0.717) is 13.0 Å². The van der Waals surface area contributed by atoms with Gasteiger partial charge in [0.25, 0.3) is 15.7 Å². The van der Waals surface area contributed by atoms with Crippen LogP contribution in [0.1, 0.15) is 24.5 Å². The van der Waals surface area contributed by atoms with Gasteiger partial charge >= 0.3 is 0 Å². The molecule has 45 heavy (non-hydrogen) atoms. The summed E-state index contributed by atoms with van der Waals surface area (Å²) in [5.74, 6) is -1.84. The molecule has 0 aliphatic rings. The van der Waals surface area contributed by atoms with Crippen LogP contribution in [-0.4, -0.2) is 49.2 Å². The highest BCUT2D eigenvalue weighted by Crippen LogP contribution is 2.27. The maximum atomic E-state index is 14.9. The molecule has 0 aliphatic heterocycles. The summed E-state index contributed by atoms with van der Waals surface area (Å²) in [5, 5.41) is 14.1. The molecule has 4 aromatic carbocycles. The number of carbonyl (C=O) groups is 2. The van der Waals surface area contributed by atoms with Gasteiger partial charge in [-0.15, -0.1) is 0 Å². The maximum absolute atomic E-state index is 14.9. The lowest BCUT2D eigenvalue weighted by Crippen LogP contribution is -2.53. The number of nitrogens with one attached hydrogen (secondary N) is 1. The predicted octanol–water partition coefficient (Wildman–Crippen LogP) is 5.10. The molecule has 0 aromatic heterocycles. The molecular weight excluding hydrogens is 599 g/mol. The molecule has 4 aromatic rings. The molecule has 0 fully saturated rings. The molecule has 0 bridgehead atoms. The average Bonchev–Trinajstić information content (AvgIpc) is 3.05. The first-order valence-corrected chi connectivity index (χ1v) is 15.7. The van der Waals surface area contributed by atoms with Crippen molar-refractivity contribution < 1.29 is 27.3 Å². The number of carbonyl (C=O) groups excluding carboxylic acids is 2. The number of hydrogen-bond acceptors (Lipinski definition) is 6. The Morgan fingerprint density at radius 1 is 0.889 bits per heavy atom. The average molecular weight is 633 g/mol. The van der Waals surface area contributed by atoms with Crippen LogP contribution in [0.15, 0.2) is 114 Å². The minimum Gasteiger partial charge on any atom is -0.354 e. The second kappa shape index (κ2) is 15.1. The zero-order valence-corrected chi connectivity index (χ0v) is 25.4. The fourth-order valence-corrected chi connectivity index (χ4v) is 6.15. The Kier molecular flexibility index (Phi) is 11.0. The molecule has 1 N–H and O–H groups in total. The third-order valence-electron chi connectivity index (χ3n) is 7.08. The normalized spacial score (nSPS) is 11.8. The highest BCUT2D eigenvalue weighted by Gasteiger charge is 2.35. The number of sulfonamides is 1.